The molecule has 0 atom stereocenters. The van der Waals surface area contributed by atoms with Gasteiger partial charge in [-0.25, -0.2) is 0 Å². The zero-order chi connectivity index (χ0) is 17.1. The van der Waals surface area contributed by atoms with E-state index >= 15 is 0 Å². The van der Waals surface area contributed by atoms with Gasteiger partial charge in [0.2, 0.25) is 12.7 Å². The Morgan fingerprint density at radius 1 is 1.21 bits per heavy atom. The summed E-state index contributed by atoms with van der Waals surface area (Å²) in [6.07, 6.45) is 3.13. The Morgan fingerprint density at radius 2 is 1.96 bits per heavy atom. The third kappa shape index (κ3) is 3.63. The molecule has 1 N–H and O–H groups in total. The van der Waals surface area contributed by atoms with Crippen LogP contribution >= 0.6 is 11.6 Å². The maximum Gasteiger partial charge on any atom is 0.248 e. The van der Waals surface area contributed by atoms with E-state index in [0.717, 1.165) is 16.9 Å². The first kappa shape index (κ1) is 16.2. The van der Waals surface area contributed by atoms with Crippen LogP contribution in [0.4, 0.5) is 11.4 Å². The predicted molar refractivity (Wildman–Crippen MR) is 96.0 cm³/mol. The average molecular weight is 345 g/mol. The van der Waals surface area contributed by atoms with Crippen molar-refractivity contribution < 1.29 is 14.3 Å². The number of carbonyl (C=O) groups is 1. The largest absolute Gasteiger partial charge is 0.454 e. The molecule has 1 heterocycles. The summed E-state index contributed by atoms with van der Waals surface area (Å²) in [5.74, 6) is 0.905. The summed E-state index contributed by atoms with van der Waals surface area (Å²) in [7, 11) is 3.93. The smallest absolute Gasteiger partial charge is 0.248 e. The van der Waals surface area contributed by atoms with Crippen molar-refractivity contribution in [3.63, 3.8) is 0 Å². The number of amides is 1. The lowest BCUT2D eigenvalue weighted by Crippen LogP contribution is -2.10. The topological polar surface area (TPSA) is 50.8 Å². The molecule has 0 bridgehead atoms. The Hall–Kier alpha value is -2.66. The standard InChI is InChI=1S/C18H17ClN2O3/c1-21(2)14-6-4-13(5-7-14)20-17(22)8-3-12-9-15(19)18-16(10-12)23-11-24-18/h3-10H,11H2,1-2H3,(H,20,22)/b8-3+. The quantitative estimate of drug-likeness (QED) is 0.857. The summed E-state index contributed by atoms with van der Waals surface area (Å²) in [6, 6.07) is 11.1. The van der Waals surface area contributed by atoms with Gasteiger partial charge < -0.3 is 19.7 Å². The summed E-state index contributed by atoms with van der Waals surface area (Å²) in [4.78, 5) is 14.0. The number of carbonyl (C=O) groups excluding carboxylic acids is 1. The number of hydrogen-bond acceptors (Lipinski definition) is 4. The van der Waals surface area contributed by atoms with Crippen LogP contribution < -0.4 is 19.7 Å². The van der Waals surface area contributed by atoms with Crippen LogP contribution in [-0.2, 0) is 4.79 Å². The molecule has 24 heavy (non-hydrogen) atoms. The Labute approximate surface area is 145 Å². The normalized spacial score (nSPS) is 12.5. The molecule has 2 aromatic carbocycles. The molecule has 3 rings (SSSR count). The van der Waals surface area contributed by atoms with Gasteiger partial charge in [-0.05, 0) is 48.0 Å². The molecular formula is C18H17ClN2O3. The van der Waals surface area contributed by atoms with Gasteiger partial charge in [-0.2, -0.15) is 0 Å². The first-order valence-electron chi connectivity index (χ1n) is 7.38. The van der Waals surface area contributed by atoms with Crippen molar-refractivity contribution in [1.82, 2.24) is 0 Å². The minimum atomic E-state index is -0.221. The molecule has 0 fully saturated rings. The van der Waals surface area contributed by atoms with Gasteiger partial charge in [-0.3, -0.25) is 4.79 Å². The van der Waals surface area contributed by atoms with Crippen LogP contribution in [-0.4, -0.2) is 26.8 Å². The highest BCUT2D eigenvalue weighted by atomic mass is 35.5. The second-order valence-corrected chi connectivity index (χ2v) is 5.91. The van der Waals surface area contributed by atoms with Crippen molar-refractivity contribution in [2.24, 2.45) is 0 Å². The molecule has 0 spiro atoms. The number of nitrogens with one attached hydrogen (secondary N) is 1. The fourth-order valence-electron chi connectivity index (χ4n) is 2.28. The van der Waals surface area contributed by atoms with Gasteiger partial charge in [0, 0.05) is 31.5 Å². The van der Waals surface area contributed by atoms with Gasteiger partial charge in [0.05, 0.1) is 5.02 Å². The molecule has 0 saturated heterocycles. The van der Waals surface area contributed by atoms with Crippen LogP contribution in [0.3, 0.4) is 0 Å². The monoisotopic (exact) mass is 344 g/mol. The van der Waals surface area contributed by atoms with Crippen LogP contribution in [0.2, 0.25) is 5.02 Å². The van der Waals surface area contributed by atoms with Gasteiger partial charge in [0.1, 0.15) is 0 Å². The first-order valence-corrected chi connectivity index (χ1v) is 7.76. The summed E-state index contributed by atoms with van der Waals surface area (Å²) in [5, 5.41) is 3.27. The van der Waals surface area contributed by atoms with E-state index in [9.17, 15) is 4.79 Å². The van der Waals surface area contributed by atoms with Gasteiger partial charge >= 0.3 is 0 Å². The second-order valence-electron chi connectivity index (χ2n) is 5.50. The maximum atomic E-state index is 12.0. The van der Waals surface area contributed by atoms with Gasteiger partial charge in [-0.1, -0.05) is 11.6 Å². The third-order valence-corrected chi connectivity index (χ3v) is 3.81. The Morgan fingerprint density at radius 3 is 2.67 bits per heavy atom. The SMILES string of the molecule is CN(C)c1ccc(NC(=O)/C=C/c2cc(Cl)c3c(c2)OCO3)cc1. The molecule has 1 aliphatic heterocycles. The van der Waals surface area contributed by atoms with E-state index in [0.29, 0.717) is 16.5 Å². The van der Waals surface area contributed by atoms with Crippen molar-refractivity contribution in [3.05, 3.63) is 53.1 Å². The highest BCUT2D eigenvalue weighted by Crippen LogP contribution is 2.40. The number of rotatable bonds is 4. The van der Waals surface area contributed by atoms with Crippen LogP contribution in [0.5, 0.6) is 11.5 Å². The number of nitrogens with zero attached hydrogens (tertiary/aromatic N) is 1. The van der Waals surface area contributed by atoms with E-state index in [1.807, 2.05) is 43.3 Å². The van der Waals surface area contributed by atoms with Crippen LogP contribution in [0.15, 0.2) is 42.5 Å². The Kier molecular flexibility index (Phi) is 4.62. The predicted octanol–water partition coefficient (Wildman–Crippen LogP) is 3.79. The first-order chi connectivity index (χ1) is 11.5. The number of ether oxygens (including phenoxy) is 2. The molecule has 1 amide bonds. The Bertz CT molecular complexity index is 786. The molecule has 2 aromatic rings. The molecular weight excluding hydrogens is 328 g/mol. The van der Waals surface area contributed by atoms with E-state index in [1.54, 1.807) is 18.2 Å². The van der Waals surface area contributed by atoms with Gasteiger partial charge in [0.15, 0.2) is 11.5 Å². The van der Waals surface area contributed by atoms with E-state index in [-0.39, 0.29) is 12.7 Å². The van der Waals surface area contributed by atoms with Gasteiger partial charge in [0.25, 0.3) is 0 Å². The van der Waals surface area contributed by atoms with Crippen molar-refractivity contribution in [2.75, 3.05) is 31.1 Å². The molecule has 6 heteroatoms. The third-order valence-electron chi connectivity index (χ3n) is 3.53. The molecule has 0 aliphatic carbocycles. The van der Waals surface area contributed by atoms with Crippen LogP contribution in [0.1, 0.15) is 5.56 Å². The number of hydrogen-bond donors (Lipinski definition) is 1. The van der Waals surface area contributed by atoms with Crippen molar-refractivity contribution in [1.29, 1.82) is 0 Å². The van der Waals surface area contributed by atoms with Crippen LogP contribution in [0.25, 0.3) is 6.08 Å². The number of fused-ring (bicyclic) bond motifs is 1. The van der Waals surface area contributed by atoms with Crippen LogP contribution in [0, 0.1) is 0 Å². The zero-order valence-corrected chi connectivity index (χ0v) is 14.1. The van der Waals surface area contributed by atoms with E-state index in [2.05, 4.69) is 5.32 Å². The molecule has 0 saturated carbocycles. The molecule has 0 radical (unpaired) electrons. The van der Waals surface area contributed by atoms with E-state index < -0.39 is 0 Å². The molecule has 124 valence electrons. The average Bonchev–Trinajstić information content (AvgIpc) is 3.02. The molecule has 5 nitrogen and oxygen atoms in total. The fraction of sp³-hybridized carbons (Fsp3) is 0.167. The fourth-order valence-corrected chi connectivity index (χ4v) is 2.56. The highest BCUT2D eigenvalue weighted by Gasteiger charge is 2.17. The van der Waals surface area contributed by atoms with Crippen molar-refractivity contribution in [3.8, 4) is 11.5 Å². The number of benzene rings is 2. The number of halogens is 1. The number of anilines is 2. The van der Waals surface area contributed by atoms with Gasteiger partial charge in [-0.15, -0.1) is 0 Å². The highest BCUT2D eigenvalue weighted by molar-refractivity contribution is 6.32. The van der Waals surface area contributed by atoms with E-state index in [4.69, 9.17) is 21.1 Å². The summed E-state index contributed by atoms with van der Waals surface area (Å²) in [6.45, 7) is 0.158. The Balaban J connectivity index is 1.66. The summed E-state index contributed by atoms with van der Waals surface area (Å²) in [5.41, 5.74) is 2.57. The lowest BCUT2D eigenvalue weighted by Gasteiger charge is -2.12. The summed E-state index contributed by atoms with van der Waals surface area (Å²) < 4.78 is 10.6. The maximum absolute atomic E-state index is 12.0. The second kappa shape index (κ2) is 6.84. The zero-order valence-electron chi connectivity index (χ0n) is 13.4. The molecule has 0 aromatic heterocycles. The summed E-state index contributed by atoms with van der Waals surface area (Å²) >= 11 is 6.12. The lowest BCUT2D eigenvalue weighted by atomic mass is 10.2. The van der Waals surface area contributed by atoms with Crippen molar-refractivity contribution in [2.45, 2.75) is 0 Å². The molecule has 0 unspecified atom stereocenters. The lowest BCUT2D eigenvalue weighted by molar-refractivity contribution is -0.111. The minimum absolute atomic E-state index is 0.158. The minimum Gasteiger partial charge on any atom is -0.454 e. The van der Waals surface area contributed by atoms with Crippen molar-refractivity contribution >= 4 is 35.0 Å². The molecule has 1 aliphatic rings. The van der Waals surface area contributed by atoms with E-state index in [1.165, 1.54) is 6.08 Å².